The molecule has 0 spiro atoms. The second-order valence-electron chi connectivity index (χ2n) is 6.73. The van der Waals surface area contributed by atoms with Crippen LogP contribution in [0.5, 0.6) is 0 Å². The minimum absolute atomic E-state index is 0.0711. The Hall–Kier alpha value is -3.46. The van der Waals surface area contributed by atoms with Crippen molar-refractivity contribution >= 4 is 29.3 Å². The lowest BCUT2D eigenvalue weighted by atomic mass is 10.1. The van der Waals surface area contributed by atoms with E-state index in [1.165, 1.54) is 29.5 Å². The molecule has 0 saturated carbocycles. The molecule has 0 atom stereocenters. The summed E-state index contributed by atoms with van der Waals surface area (Å²) in [6, 6.07) is 14.0. The van der Waals surface area contributed by atoms with Crippen molar-refractivity contribution < 1.29 is 27.5 Å². The van der Waals surface area contributed by atoms with E-state index in [1.807, 2.05) is 30.3 Å². The highest BCUT2D eigenvalue weighted by molar-refractivity contribution is 7.09. The number of carbonyl (C=O) groups excluding carboxylic acids is 2. The molecule has 0 aliphatic carbocycles. The molecule has 0 fully saturated rings. The van der Waals surface area contributed by atoms with Gasteiger partial charge < -0.3 is 10.1 Å². The molecule has 166 valence electrons. The third-order valence-corrected chi connectivity index (χ3v) is 5.15. The van der Waals surface area contributed by atoms with Crippen molar-refractivity contribution in [3.05, 3.63) is 93.4 Å². The van der Waals surface area contributed by atoms with E-state index in [-0.39, 0.29) is 18.9 Å². The molecule has 3 rings (SSSR count). The number of hydrogen-bond donors (Lipinski definition) is 1. The maximum absolute atomic E-state index is 12.6. The van der Waals surface area contributed by atoms with Crippen LogP contribution in [0.3, 0.4) is 0 Å². The molecule has 1 N–H and O–H groups in total. The molecule has 2 aromatic carbocycles. The second kappa shape index (κ2) is 10.7. The van der Waals surface area contributed by atoms with Gasteiger partial charge in [-0.15, -0.1) is 11.3 Å². The van der Waals surface area contributed by atoms with Crippen molar-refractivity contribution in [3.8, 4) is 0 Å². The van der Waals surface area contributed by atoms with E-state index in [0.717, 1.165) is 23.8 Å². The Morgan fingerprint density at radius 2 is 1.78 bits per heavy atom. The number of carbonyl (C=O) groups is 2. The topological polar surface area (TPSA) is 68.3 Å². The predicted molar refractivity (Wildman–Crippen MR) is 114 cm³/mol. The van der Waals surface area contributed by atoms with Crippen LogP contribution in [0.25, 0.3) is 6.08 Å². The molecular formula is C23H19F3N2O3S. The van der Waals surface area contributed by atoms with Gasteiger partial charge in [-0.2, -0.15) is 13.2 Å². The van der Waals surface area contributed by atoms with Gasteiger partial charge in [0.1, 0.15) is 11.6 Å². The molecule has 32 heavy (non-hydrogen) atoms. The number of ether oxygens (including phenoxy) is 1. The first kappa shape index (κ1) is 23.2. The van der Waals surface area contributed by atoms with E-state index in [2.05, 4.69) is 10.3 Å². The molecule has 3 aromatic rings. The molecule has 0 aliphatic rings. The van der Waals surface area contributed by atoms with Gasteiger partial charge in [-0.25, -0.2) is 9.78 Å². The van der Waals surface area contributed by atoms with Crippen LogP contribution >= 0.6 is 11.3 Å². The normalized spacial score (nSPS) is 11.5. The molecule has 9 heteroatoms. The van der Waals surface area contributed by atoms with E-state index in [4.69, 9.17) is 4.74 Å². The summed E-state index contributed by atoms with van der Waals surface area (Å²) < 4.78 is 42.8. The standard InChI is InChI=1S/C23H19F3N2O3S/c24-23(25,26)18-9-6-16(7-10-18)8-11-22(30)31-14-19-15-32-21(28-19)12-20(29)27-13-17-4-2-1-3-5-17/h1-11,15H,12-14H2,(H,27,29)/b11-8+. The highest BCUT2D eigenvalue weighted by Gasteiger charge is 2.29. The van der Waals surface area contributed by atoms with Crippen LogP contribution < -0.4 is 5.32 Å². The molecule has 0 radical (unpaired) electrons. The lowest BCUT2D eigenvalue weighted by molar-refractivity contribution is -0.139. The minimum Gasteiger partial charge on any atom is -0.456 e. The number of nitrogens with one attached hydrogen (secondary N) is 1. The second-order valence-corrected chi connectivity index (χ2v) is 7.68. The molecular weight excluding hydrogens is 441 g/mol. The predicted octanol–water partition coefficient (Wildman–Crippen LogP) is 4.78. The Bertz CT molecular complexity index is 1080. The van der Waals surface area contributed by atoms with Crippen LogP contribution in [0.4, 0.5) is 13.2 Å². The van der Waals surface area contributed by atoms with Gasteiger partial charge in [0, 0.05) is 18.0 Å². The number of hydrogen-bond acceptors (Lipinski definition) is 5. The van der Waals surface area contributed by atoms with Gasteiger partial charge >= 0.3 is 12.1 Å². The van der Waals surface area contributed by atoms with Crippen molar-refractivity contribution in [1.29, 1.82) is 0 Å². The number of benzene rings is 2. The van der Waals surface area contributed by atoms with Crippen LogP contribution in [0, 0.1) is 0 Å². The van der Waals surface area contributed by atoms with Crippen LogP contribution in [0.2, 0.25) is 0 Å². The van der Waals surface area contributed by atoms with E-state index in [0.29, 0.717) is 22.8 Å². The SMILES string of the molecule is O=C(Cc1nc(COC(=O)/C=C/c2ccc(C(F)(F)F)cc2)cs1)NCc1ccccc1. The Labute approximate surface area is 186 Å². The summed E-state index contributed by atoms with van der Waals surface area (Å²) in [4.78, 5) is 28.2. The van der Waals surface area contributed by atoms with Crippen molar-refractivity contribution in [3.63, 3.8) is 0 Å². The van der Waals surface area contributed by atoms with E-state index >= 15 is 0 Å². The summed E-state index contributed by atoms with van der Waals surface area (Å²) in [5.41, 5.74) is 1.19. The summed E-state index contributed by atoms with van der Waals surface area (Å²) in [6.45, 7) is 0.360. The van der Waals surface area contributed by atoms with Crippen LogP contribution in [-0.2, 0) is 40.1 Å². The first-order chi connectivity index (χ1) is 15.3. The van der Waals surface area contributed by atoms with Crippen LogP contribution in [-0.4, -0.2) is 16.9 Å². The molecule has 1 aromatic heterocycles. The van der Waals surface area contributed by atoms with E-state index in [9.17, 15) is 22.8 Å². The van der Waals surface area contributed by atoms with Gasteiger partial charge in [0.15, 0.2) is 0 Å². The minimum atomic E-state index is -4.41. The highest BCUT2D eigenvalue weighted by atomic mass is 32.1. The summed E-state index contributed by atoms with van der Waals surface area (Å²) in [6.07, 6.45) is -1.78. The maximum atomic E-state index is 12.6. The number of thiazole rings is 1. The molecule has 0 aliphatic heterocycles. The van der Waals surface area contributed by atoms with Gasteiger partial charge in [0.25, 0.3) is 0 Å². The molecule has 5 nitrogen and oxygen atoms in total. The number of halogens is 3. The average molecular weight is 460 g/mol. The van der Waals surface area contributed by atoms with Crippen LogP contribution in [0.1, 0.15) is 27.4 Å². The zero-order valence-electron chi connectivity index (χ0n) is 16.8. The molecule has 0 unspecified atom stereocenters. The van der Waals surface area contributed by atoms with Gasteiger partial charge in [-0.05, 0) is 29.3 Å². The average Bonchev–Trinajstić information content (AvgIpc) is 3.22. The fourth-order valence-electron chi connectivity index (χ4n) is 2.63. The fraction of sp³-hybridized carbons (Fsp3) is 0.174. The number of nitrogens with zero attached hydrogens (tertiary/aromatic N) is 1. The van der Waals surface area contributed by atoms with Crippen molar-refractivity contribution in [1.82, 2.24) is 10.3 Å². The summed E-state index contributed by atoms with van der Waals surface area (Å²) in [5.74, 6) is -0.814. The van der Waals surface area contributed by atoms with Crippen molar-refractivity contribution in [2.75, 3.05) is 0 Å². The Kier molecular flexibility index (Phi) is 7.77. The van der Waals surface area contributed by atoms with Crippen molar-refractivity contribution in [2.24, 2.45) is 0 Å². The number of aromatic nitrogens is 1. The Balaban J connectivity index is 1.42. The third kappa shape index (κ3) is 7.35. The van der Waals surface area contributed by atoms with Crippen LogP contribution in [0.15, 0.2) is 66.1 Å². The first-order valence-corrected chi connectivity index (χ1v) is 10.4. The number of amides is 1. The maximum Gasteiger partial charge on any atom is 0.416 e. The summed E-state index contributed by atoms with van der Waals surface area (Å²) in [5, 5.41) is 5.12. The largest absolute Gasteiger partial charge is 0.456 e. The summed E-state index contributed by atoms with van der Waals surface area (Å²) in [7, 11) is 0. The number of esters is 1. The van der Waals surface area contributed by atoms with Gasteiger partial charge in [0.2, 0.25) is 5.91 Å². The first-order valence-electron chi connectivity index (χ1n) is 9.55. The molecule has 0 bridgehead atoms. The number of alkyl halides is 3. The summed E-state index contributed by atoms with van der Waals surface area (Å²) >= 11 is 1.29. The smallest absolute Gasteiger partial charge is 0.416 e. The number of rotatable bonds is 8. The lowest BCUT2D eigenvalue weighted by Gasteiger charge is -2.05. The quantitative estimate of drug-likeness (QED) is 0.388. The van der Waals surface area contributed by atoms with E-state index in [1.54, 1.807) is 5.38 Å². The molecule has 0 saturated heterocycles. The van der Waals surface area contributed by atoms with Gasteiger partial charge in [-0.1, -0.05) is 42.5 Å². The lowest BCUT2D eigenvalue weighted by Crippen LogP contribution is -2.24. The molecule has 1 amide bonds. The van der Waals surface area contributed by atoms with Gasteiger partial charge in [-0.3, -0.25) is 4.79 Å². The van der Waals surface area contributed by atoms with E-state index < -0.39 is 17.7 Å². The third-order valence-electron chi connectivity index (χ3n) is 4.26. The van der Waals surface area contributed by atoms with Crippen molar-refractivity contribution in [2.45, 2.75) is 25.7 Å². The Morgan fingerprint density at radius 3 is 2.47 bits per heavy atom. The highest BCUT2D eigenvalue weighted by Crippen LogP contribution is 2.29. The zero-order chi connectivity index (χ0) is 23.0. The van der Waals surface area contributed by atoms with Gasteiger partial charge in [0.05, 0.1) is 17.7 Å². The Morgan fingerprint density at radius 1 is 1.06 bits per heavy atom. The molecule has 1 heterocycles. The zero-order valence-corrected chi connectivity index (χ0v) is 17.6. The fourth-order valence-corrected chi connectivity index (χ4v) is 3.41. The monoisotopic (exact) mass is 460 g/mol.